The third-order valence-corrected chi connectivity index (χ3v) is 5.55. The summed E-state index contributed by atoms with van der Waals surface area (Å²) in [4.78, 5) is 23.7. The van der Waals surface area contributed by atoms with Crippen LogP contribution in [0, 0.1) is 5.82 Å². The van der Waals surface area contributed by atoms with Crippen molar-refractivity contribution >= 4 is 28.3 Å². The van der Waals surface area contributed by atoms with Gasteiger partial charge in [0.1, 0.15) is 17.3 Å². The monoisotopic (exact) mass is 431 g/mol. The molecule has 3 heterocycles. The Balaban J connectivity index is 1.18. The van der Waals surface area contributed by atoms with Gasteiger partial charge in [0.05, 0.1) is 16.6 Å². The van der Waals surface area contributed by atoms with Gasteiger partial charge in [-0.25, -0.2) is 9.18 Å². The first kappa shape index (κ1) is 19.9. The summed E-state index contributed by atoms with van der Waals surface area (Å²) in [6, 6.07) is 16.1. The lowest BCUT2D eigenvalue weighted by Gasteiger charge is -2.36. The number of aromatic amines is 1. The average molecular weight is 431 g/mol. The van der Waals surface area contributed by atoms with Crippen molar-refractivity contribution in [3.05, 3.63) is 79.0 Å². The van der Waals surface area contributed by atoms with Crippen LogP contribution in [0.5, 0.6) is 11.5 Å². The van der Waals surface area contributed by atoms with Gasteiger partial charge in [-0.1, -0.05) is 6.07 Å². The van der Waals surface area contributed by atoms with Gasteiger partial charge in [0.15, 0.2) is 0 Å². The van der Waals surface area contributed by atoms with Crippen molar-refractivity contribution in [2.45, 2.75) is 0 Å². The predicted molar refractivity (Wildman–Crippen MR) is 122 cm³/mol. The van der Waals surface area contributed by atoms with Gasteiger partial charge in [-0.05, 0) is 48.5 Å². The highest BCUT2D eigenvalue weighted by atomic mass is 19.1. The second-order valence-electron chi connectivity index (χ2n) is 7.55. The number of rotatable bonds is 4. The number of aromatic nitrogens is 2. The molecule has 0 radical (unpaired) electrons. The van der Waals surface area contributed by atoms with Crippen molar-refractivity contribution in [1.29, 1.82) is 0 Å². The Morgan fingerprint density at radius 1 is 0.969 bits per heavy atom. The second kappa shape index (κ2) is 8.58. The molecule has 1 fully saturated rings. The Kier molecular flexibility index (Phi) is 5.33. The summed E-state index contributed by atoms with van der Waals surface area (Å²) >= 11 is 0. The van der Waals surface area contributed by atoms with Crippen molar-refractivity contribution in [3.8, 4) is 11.5 Å². The van der Waals surface area contributed by atoms with Gasteiger partial charge in [0, 0.05) is 50.5 Å². The summed E-state index contributed by atoms with van der Waals surface area (Å²) in [6.07, 6.45) is 5.00. The molecule has 2 N–H and O–H groups in total. The van der Waals surface area contributed by atoms with E-state index in [0.717, 1.165) is 17.2 Å². The number of nitrogens with zero attached hydrogens (tertiary/aromatic N) is 3. The maximum Gasteiger partial charge on any atom is 0.322 e. The molecule has 7 nitrogen and oxygen atoms in total. The van der Waals surface area contributed by atoms with Crippen LogP contribution < -0.4 is 15.0 Å². The number of amides is 2. The van der Waals surface area contributed by atoms with Crippen LogP contribution in [-0.2, 0) is 0 Å². The number of hydrogen-bond acceptors (Lipinski definition) is 4. The minimum Gasteiger partial charge on any atom is -0.457 e. The topological polar surface area (TPSA) is 73.5 Å². The van der Waals surface area contributed by atoms with Crippen molar-refractivity contribution in [1.82, 2.24) is 14.9 Å². The quantitative estimate of drug-likeness (QED) is 0.485. The smallest absolute Gasteiger partial charge is 0.322 e. The number of halogens is 1. The fourth-order valence-electron chi connectivity index (χ4n) is 3.87. The van der Waals surface area contributed by atoms with E-state index in [0.29, 0.717) is 42.8 Å². The van der Waals surface area contributed by atoms with Gasteiger partial charge in [-0.2, -0.15) is 0 Å². The van der Waals surface area contributed by atoms with Gasteiger partial charge in [0.25, 0.3) is 0 Å². The number of nitrogens with one attached hydrogen (secondary N) is 2. The standard InChI is InChI=1S/C24H22FN5O2/c25-20-2-1-3-21-23(20)22(16-27-21)28-24(31)30-14-12-29(13-15-30)17-4-6-18(7-5-17)32-19-8-10-26-11-9-19/h1-11,16,27H,12-15H2,(H,28,31). The normalized spacial score (nSPS) is 13.9. The number of benzene rings is 2. The Morgan fingerprint density at radius 2 is 1.69 bits per heavy atom. The largest absolute Gasteiger partial charge is 0.457 e. The molecule has 1 saturated heterocycles. The maximum absolute atomic E-state index is 14.2. The van der Waals surface area contributed by atoms with E-state index < -0.39 is 0 Å². The van der Waals surface area contributed by atoms with E-state index in [1.165, 1.54) is 6.07 Å². The summed E-state index contributed by atoms with van der Waals surface area (Å²) in [5, 5.41) is 3.23. The number of anilines is 2. The molecule has 2 amide bonds. The highest BCUT2D eigenvalue weighted by Gasteiger charge is 2.22. The Labute approximate surface area is 184 Å². The van der Waals surface area contributed by atoms with Crippen LogP contribution in [0.1, 0.15) is 0 Å². The molecule has 162 valence electrons. The van der Waals surface area contributed by atoms with Gasteiger partial charge in [0.2, 0.25) is 0 Å². The maximum atomic E-state index is 14.2. The summed E-state index contributed by atoms with van der Waals surface area (Å²) in [7, 11) is 0. The highest BCUT2D eigenvalue weighted by molar-refractivity contribution is 6.01. The van der Waals surface area contributed by atoms with Crippen molar-refractivity contribution in [2.75, 3.05) is 36.4 Å². The molecule has 1 aliphatic rings. The lowest BCUT2D eigenvalue weighted by molar-refractivity contribution is 0.208. The van der Waals surface area contributed by atoms with Crippen LogP contribution in [0.15, 0.2) is 73.2 Å². The Bertz CT molecular complexity index is 1220. The van der Waals surface area contributed by atoms with Crippen LogP contribution in [0.3, 0.4) is 0 Å². The molecule has 2 aromatic heterocycles. The van der Waals surface area contributed by atoms with E-state index in [1.54, 1.807) is 35.6 Å². The lowest BCUT2D eigenvalue weighted by atomic mass is 10.2. The molecule has 8 heteroatoms. The average Bonchev–Trinajstić information content (AvgIpc) is 3.24. The summed E-state index contributed by atoms with van der Waals surface area (Å²) in [5.74, 6) is 1.13. The van der Waals surface area contributed by atoms with Gasteiger partial charge < -0.3 is 24.8 Å². The lowest BCUT2D eigenvalue weighted by Crippen LogP contribution is -2.50. The van der Waals surface area contributed by atoms with E-state index in [9.17, 15) is 9.18 Å². The minimum atomic E-state index is -0.361. The zero-order valence-corrected chi connectivity index (χ0v) is 17.3. The molecule has 0 spiro atoms. The number of H-pyrrole nitrogens is 1. The molecule has 4 aromatic rings. The number of carbonyl (C=O) groups is 1. The molecule has 1 aliphatic heterocycles. The zero-order chi connectivity index (χ0) is 21.9. The number of urea groups is 1. The van der Waals surface area contributed by atoms with Crippen LogP contribution in [0.4, 0.5) is 20.6 Å². The van der Waals surface area contributed by atoms with Crippen LogP contribution in [-0.4, -0.2) is 47.1 Å². The molecule has 32 heavy (non-hydrogen) atoms. The summed E-state index contributed by atoms with van der Waals surface area (Å²) in [6.45, 7) is 2.57. The minimum absolute atomic E-state index is 0.227. The molecule has 0 saturated carbocycles. The van der Waals surface area contributed by atoms with Crippen LogP contribution >= 0.6 is 0 Å². The number of pyridine rings is 1. The van der Waals surface area contributed by atoms with Crippen LogP contribution in [0.25, 0.3) is 10.9 Å². The number of hydrogen-bond donors (Lipinski definition) is 2. The van der Waals surface area contributed by atoms with E-state index in [1.807, 2.05) is 36.4 Å². The third kappa shape index (κ3) is 4.07. The highest BCUT2D eigenvalue weighted by Crippen LogP contribution is 2.27. The van der Waals surface area contributed by atoms with Crippen molar-refractivity contribution < 1.29 is 13.9 Å². The fourth-order valence-corrected chi connectivity index (χ4v) is 3.87. The number of fused-ring (bicyclic) bond motifs is 1. The molecule has 0 atom stereocenters. The molecule has 0 unspecified atom stereocenters. The first-order valence-electron chi connectivity index (χ1n) is 10.4. The van der Waals surface area contributed by atoms with Crippen molar-refractivity contribution in [3.63, 3.8) is 0 Å². The Morgan fingerprint density at radius 3 is 2.44 bits per heavy atom. The number of piperazine rings is 1. The zero-order valence-electron chi connectivity index (χ0n) is 17.3. The van der Waals surface area contributed by atoms with E-state index >= 15 is 0 Å². The van der Waals surface area contributed by atoms with E-state index in [-0.39, 0.29) is 11.8 Å². The first-order valence-corrected chi connectivity index (χ1v) is 10.4. The molecular formula is C24H22FN5O2. The fraction of sp³-hybridized carbons (Fsp3) is 0.167. The Hall–Kier alpha value is -4.07. The molecule has 0 bridgehead atoms. The van der Waals surface area contributed by atoms with Gasteiger partial charge in [-0.15, -0.1) is 0 Å². The van der Waals surface area contributed by atoms with E-state index in [2.05, 4.69) is 20.2 Å². The molecular weight excluding hydrogens is 409 g/mol. The molecule has 2 aromatic carbocycles. The SMILES string of the molecule is O=C(Nc1c[nH]c2cccc(F)c12)N1CCN(c2ccc(Oc3ccncc3)cc2)CC1. The van der Waals surface area contributed by atoms with Gasteiger partial charge in [-0.3, -0.25) is 4.98 Å². The number of carbonyl (C=O) groups excluding carboxylic acids is 1. The van der Waals surface area contributed by atoms with Crippen molar-refractivity contribution in [2.24, 2.45) is 0 Å². The summed E-state index contributed by atoms with van der Waals surface area (Å²) < 4.78 is 20.0. The molecule has 0 aliphatic carbocycles. The van der Waals surface area contributed by atoms with Crippen LogP contribution in [0.2, 0.25) is 0 Å². The first-order chi connectivity index (χ1) is 15.7. The van der Waals surface area contributed by atoms with Gasteiger partial charge >= 0.3 is 6.03 Å². The predicted octanol–water partition coefficient (Wildman–Crippen LogP) is 4.85. The molecule has 5 rings (SSSR count). The second-order valence-corrected chi connectivity index (χ2v) is 7.55. The summed E-state index contributed by atoms with van der Waals surface area (Å²) in [5.41, 5.74) is 2.18. The number of ether oxygens (including phenoxy) is 1. The third-order valence-electron chi connectivity index (χ3n) is 5.55. The van der Waals surface area contributed by atoms with E-state index in [4.69, 9.17) is 4.74 Å².